The summed E-state index contributed by atoms with van der Waals surface area (Å²) in [5.41, 5.74) is -0.0571. The van der Waals surface area contributed by atoms with E-state index in [-0.39, 0.29) is 18.3 Å². The van der Waals surface area contributed by atoms with E-state index in [1.807, 2.05) is 4.90 Å². The van der Waals surface area contributed by atoms with Gasteiger partial charge in [-0.3, -0.25) is 4.79 Å². The molecule has 158 valence electrons. The SMILES string of the molecule is Cl.O=C(c1cccc(-n2ccc(C(F)(F)F)n2)c1)N1CCC(NCC2CC2)CC1. The summed E-state index contributed by atoms with van der Waals surface area (Å²) in [4.78, 5) is 14.6. The summed E-state index contributed by atoms with van der Waals surface area (Å²) in [6.45, 7) is 2.45. The van der Waals surface area contributed by atoms with Gasteiger partial charge in [-0.1, -0.05) is 6.07 Å². The Hall–Kier alpha value is -2.06. The average Bonchev–Trinajstić information content (AvgIpc) is 3.38. The molecule has 4 rings (SSSR count). The van der Waals surface area contributed by atoms with E-state index in [9.17, 15) is 18.0 Å². The molecule has 2 fully saturated rings. The minimum absolute atomic E-state index is 0. The lowest BCUT2D eigenvalue weighted by Gasteiger charge is -2.32. The highest BCUT2D eigenvalue weighted by Gasteiger charge is 2.33. The molecule has 1 N–H and O–H groups in total. The van der Waals surface area contributed by atoms with Crippen LogP contribution in [-0.2, 0) is 6.18 Å². The van der Waals surface area contributed by atoms with E-state index in [4.69, 9.17) is 0 Å². The molecule has 0 atom stereocenters. The lowest BCUT2D eigenvalue weighted by Crippen LogP contribution is -2.45. The lowest BCUT2D eigenvalue weighted by atomic mass is 10.0. The number of halogens is 4. The first-order chi connectivity index (χ1) is 13.4. The Morgan fingerprint density at radius 2 is 1.86 bits per heavy atom. The van der Waals surface area contributed by atoms with Crippen molar-refractivity contribution in [2.45, 2.75) is 37.9 Å². The summed E-state index contributed by atoms with van der Waals surface area (Å²) < 4.78 is 39.4. The number of benzene rings is 1. The number of nitrogens with one attached hydrogen (secondary N) is 1. The van der Waals surface area contributed by atoms with Crippen LogP contribution in [0.1, 0.15) is 41.7 Å². The number of alkyl halides is 3. The third-order valence-corrected chi connectivity index (χ3v) is 5.41. The standard InChI is InChI=1S/C20H23F3N4O.ClH/c21-20(22,23)18-8-11-27(25-18)17-3-1-2-15(12-17)19(28)26-9-6-16(7-10-26)24-13-14-4-5-14;/h1-3,8,11-12,14,16,24H,4-7,9-10,13H2;1H. The molecular formula is C20H24ClF3N4O. The second kappa shape index (κ2) is 8.75. The minimum Gasteiger partial charge on any atom is -0.339 e. The van der Waals surface area contributed by atoms with Crippen LogP contribution in [0.3, 0.4) is 0 Å². The number of piperidine rings is 1. The number of carbonyl (C=O) groups is 1. The highest BCUT2D eigenvalue weighted by molar-refractivity contribution is 5.94. The first kappa shape index (κ1) is 21.6. The molecule has 0 radical (unpaired) electrons. The summed E-state index contributed by atoms with van der Waals surface area (Å²) >= 11 is 0. The first-order valence-electron chi connectivity index (χ1n) is 9.66. The number of nitrogens with zero attached hydrogens (tertiary/aromatic N) is 3. The topological polar surface area (TPSA) is 50.2 Å². The van der Waals surface area contributed by atoms with Crippen molar-refractivity contribution in [2.75, 3.05) is 19.6 Å². The van der Waals surface area contributed by atoms with Crippen LogP contribution in [0, 0.1) is 5.92 Å². The summed E-state index contributed by atoms with van der Waals surface area (Å²) in [6, 6.07) is 7.97. The van der Waals surface area contributed by atoms with E-state index in [0.717, 1.165) is 36.1 Å². The zero-order valence-electron chi connectivity index (χ0n) is 15.9. The average molecular weight is 429 g/mol. The normalized spacial score (nSPS) is 17.8. The van der Waals surface area contributed by atoms with Gasteiger partial charge in [-0.15, -0.1) is 12.4 Å². The molecule has 2 heterocycles. The molecule has 1 saturated carbocycles. The molecular weight excluding hydrogens is 405 g/mol. The van der Waals surface area contributed by atoms with Gasteiger partial charge in [0.2, 0.25) is 0 Å². The first-order valence-corrected chi connectivity index (χ1v) is 9.66. The van der Waals surface area contributed by atoms with Gasteiger partial charge in [0.1, 0.15) is 0 Å². The Bertz CT molecular complexity index is 842. The van der Waals surface area contributed by atoms with Crippen molar-refractivity contribution in [3.05, 3.63) is 47.8 Å². The van der Waals surface area contributed by atoms with Crippen LogP contribution in [0.25, 0.3) is 5.69 Å². The fourth-order valence-electron chi connectivity index (χ4n) is 3.52. The van der Waals surface area contributed by atoms with Gasteiger partial charge in [0, 0.05) is 30.9 Å². The molecule has 29 heavy (non-hydrogen) atoms. The van der Waals surface area contributed by atoms with Gasteiger partial charge in [-0.05, 0) is 62.4 Å². The molecule has 1 amide bonds. The van der Waals surface area contributed by atoms with Crippen LogP contribution in [0.4, 0.5) is 13.2 Å². The minimum atomic E-state index is -4.49. The number of hydrogen-bond donors (Lipinski definition) is 1. The molecule has 9 heteroatoms. The third-order valence-electron chi connectivity index (χ3n) is 5.41. The third kappa shape index (κ3) is 5.30. The quantitative estimate of drug-likeness (QED) is 0.785. The lowest BCUT2D eigenvalue weighted by molar-refractivity contribution is -0.141. The van der Waals surface area contributed by atoms with E-state index in [1.54, 1.807) is 24.3 Å². The van der Waals surface area contributed by atoms with Crippen LogP contribution in [0.5, 0.6) is 0 Å². The van der Waals surface area contributed by atoms with Gasteiger partial charge in [-0.25, -0.2) is 4.68 Å². The van der Waals surface area contributed by atoms with E-state index in [1.165, 1.54) is 19.0 Å². The Labute approximate surface area is 173 Å². The number of amides is 1. The summed E-state index contributed by atoms with van der Waals surface area (Å²) in [7, 11) is 0. The number of aromatic nitrogens is 2. The van der Waals surface area contributed by atoms with E-state index < -0.39 is 11.9 Å². The van der Waals surface area contributed by atoms with Gasteiger partial charge >= 0.3 is 6.18 Å². The molecule has 1 aromatic heterocycles. The van der Waals surface area contributed by atoms with Gasteiger partial charge < -0.3 is 10.2 Å². The molecule has 1 aliphatic heterocycles. The smallest absolute Gasteiger partial charge is 0.339 e. The molecule has 0 bridgehead atoms. The number of carbonyl (C=O) groups excluding carboxylic acids is 1. The Morgan fingerprint density at radius 3 is 2.48 bits per heavy atom. The fraction of sp³-hybridized carbons (Fsp3) is 0.500. The van der Waals surface area contributed by atoms with E-state index in [2.05, 4.69) is 10.4 Å². The molecule has 5 nitrogen and oxygen atoms in total. The van der Waals surface area contributed by atoms with Gasteiger partial charge in [0.25, 0.3) is 5.91 Å². The van der Waals surface area contributed by atoms with Crippen LogP contribution in [0.2, 0.25) is 0 Å². The van der Waals surface area contributed by atoms with E-state index in [0.29, 0.717) is 30.4 Å². The van der Waals surface area contributed by atoms with Crippen molar-refractivity contribution < 1.29 is 18.0 Å². The van der Waals surface area contributed by atoms with Crippen LogP contribution < -0.4 is 5.32 Å². The van der Waals surface area contributed by atoms with Crippen molar-refractivity contribution in [1.82, 2.24) is 20.0 Å². The highest BCUT2D eigenvalue weighted by atomic mass is 35.5. The zero-order valence-corrected chi connectivity index (χ0v) is 16.7. The Balaban J connectivity index is 0.00000240. The molecule has 0 spiro atoms. The Morgan fingerprint density at radius 1 is 1.14 bits per heavy atom. The number of likely N-dealkylation sites (tertiary alicyclic amines) is 1. The van der Waals surface area contributed by atoms with Crippen molar-refractivity contribution in [2.24, 2.45) is 5.92 Å². The molecule has 2 aliphatic rings. The maximum atomic E-state index is 12.8. The molecule has 1 saturated heterocycles. The fourth-order valence-corrected chi connectivity index (χ4v) is 3.52. The second-order valence-corrected chi connectivity index (χ2v) is 7.61. The second-order valence-electron chi connectivity index (χ2n) is 7.61. The van der Waals surface area contributed by atoms with Crippen LogP contribution in [0.15, 0.2) is 36.5 Å². The monoisotopic (exact) mass is 428 g/mol. The van der Waals surface area contributed by atoms with Gasteiger partial charge in [0.05, 0.1) is 5.69 Å². The molecule has 1 aliphatic carbocycles. The summed E-state index contributed by atoms with van der Waals surface area (Å²) in [5.74, 6) is 0.744. The molecule has 0 unspecified atom stereocenters. The number of hydrogen-bond acceptors (Lipinski definition) is 3. The maximum Gasteiger partial charge on any atom is 0.435 e. The van der Waals surface area contributed by atoms with Crippen LogP contribution in [-0.4, -0.2) is 46.3 Å². The number of rotatable bonds is 5. The van der Waals surface area contributed by atoms with Crippen molar-refractivity contribution in [3.63, 3.8) is 0 Å². The summed E-state index contributed by atoms with van der Waals surface area (Å²) in [6.07, 6.45) is 1.25. The Kier molecular flexibility index (Phi) is 6.53. The predicted molar refractivity (Wildman–Crippen MR) is 105 cm³/mol. The molecule has 2 aromatic rings. The van der Waals surface area contributed by atoms with Crippen LogP contribution >= 0.6 is 12.4 Å². The zero-order chi connectivity index (χ0) is 19.7. The van der Waals surface area contributed by atoms with Gasteiger partial charge in [-0.2, -0.15) is 18.3 Å². The molecule has 1 aromatic carbocycles. The maximum absolute atomic E-state index is 12.8. The predicted octanol–water partition coefficient (Wildman–Crippen LogP) is 3.92. The largest absolute Gasteiger partial charge is 0.435 e. The highest BCUT2D eigenvalue weighted by Crippen LogP contribution is 2.29. The van der Waals surface area contributed by atoms with Crippen molar-refractivity contribution >= 4 is 18.3 Å². The van der Waals surface area contributed by atoms with Crippen molar-refractivity contribution in [1.29, 1.82) is 0 Å². The van der Waals surface area contributed by atoms with Crippen molar-refractivity contribution in [3.8, 4) is 5.69 Å². The van der Waals surface area contributed by atoms with E-state index >= 15 is 0 Å². The van der Waals surface area contributed by atoms with Gasteiger partial charge in [0.15, 0.2) is 5.69 Å². The summed E-state index contributed by atoms with van der Waals surface area (Å²) in [5, 5.41) is 7.16.